The maximum absolute atomic E-state index is 11.4. The van der Waals surface area contributed by atoms with E-state index >= 15 is 0 Å². The highest BCUT2D eigenvalue weighted by atomic mass is 16.5. The topological polar surface area (TPSA) is 68.3 Å². The minimum atomic E-state index is -0.355. The highest BCUT2D eigenvalue weighted by molar-refractivity contribution is 6.01. The molecule has 0 aliphatic rings. The van der Waals surface area contributed by atoms with Crippen molar-refractivity contribution in [2.45, 2.75) is 6.92 Å². The van der Waals surface area contributed by atoms with Crippen LogP contribution in [0, 0.1) is 6.92 Å². The molecule has 5 heteroatoms. The Hall–Kier alpha value is -2.04. The average Bonchev–Trinajstić information content (AvgIpc) is 2.75. The van der Waals surface area contributed by atoms with Crippen LogP contribution in [-0.4, -0.2) is 11.1 Å². The number of nitrogens with zero attached hydrogens (tertiary/aromatic N) is 1. The lowest BCUT2D eigenvalue weighted by atomic mass is 10.4. The van der Waals surface area contributed by atoms with Crippen LogP contribution in [0.4, 0.5) is 5.88 Å². The second-order valence-electron chi connectivity index (χ2n) is 2.76. The van der Waals surface area contributed by atoms with Gasteiger partial charge in [0.2, 0.25) is 5.88 Å². The first-order chi connectivity index (χ1) is 6.75. The van der Waals surface area contributed by atoms with Crippen molar-refractivity contribution < 1.29 is 13.7 Å². The summed E-state index contributed by atoms with van der Waals surface area (Å²) < 4.78 is 9.71. The van der Waals surface area contributed by atoms with E-state index in [-0.39, 0.29) is 11.7 Å². The summed E-state index contributed by atoms with van der Waals surface area (Å²) in [6.45, 7) is 1.77. The van der Waals surface area contributed by atoms with Crippen molar-refractivity contribution in [2.75, 3.05) is 5.32 Å². The standard InChI is InChI=1S/C9H8N2O3/c1-6-5-8(14-11-6)10-9(12)7-3-2-4-13-7/h2-5H,1H3,(H,10,12). The molecule has 1 amide bonds. The van der Waals surface area contributed by atoms with Gasteiger partial charge in [0.1, 0.15) is 0 Å². The van der Waals surface area contributed by atoms with Crippen LogP contribution in [0.5, 0.6) is 0 Å². The van der Waals surface area contributed by atoms with E-state index in [1.165, 1.54) is 6.26 Å². The average molecular weight is 192 g/mol. The summed E-state index contributed by atoms with van der Waals surface area (Å²) in [7, 11) is 0. The molecular weight excluding hydrogens is 184 g/mol. The van der Waals surface area contributed by atoms with Gasteiger partial charge in [0.25, 0.3) is 5.91 Å². The maximum atomic E-state index is 11.4. The van der Waals surface area contributed by atoms with Crippen LogP contribution < -0.4 is 5.32 Å². The Morgan fingerprint density at radius 3 is 3.00 bits per heavy atom. The van der Waals surface area contributed by atoms with Crippen LogP contribution in [0.3, 0.4) is 0 Å². The van der Waals surface area contributed by atoms with Gasteiger partial charge in [-0.05, 0) is 19.1 Å². The highest BCUT2D eigenvalue weighted by Crippen LogP contribution is 2.10. The summed E-state index contributed by atoms with van der Waals surface area (Å²) in [5.74, 6) is 0.189. The predicted molar refractivity (Wildman–Crippen MR) is 47.9 cm³/mol. The molecule has 2 aromatic rings. The normalized spacial score (nSPS) is 10.1. The molecule has 0 spiro atoms. The van der Waals surface area contributed by atoms with Crippen molar-refractivity contribution in [1.82, 2.24) is 5.16 Å². The van der Waals surface area contributed by atoms with Gasteiger partial charge < -0.3 is 8.94 Å². The van der Waals surface area contributed by atoms with Crippen molar-refractivity contribution >= 4 is 11.8 Å². The van der Waals surface area contributed by atoms with E-state index in [2.05, 4.69) is 10.5 Å². The largest absolute Gasteiger partial charge is 0.459 e. The predicted octanol–water partition coefficient (Wildman–Crippen LogP) is 1.83. The minimum absolute atomic E-state index is 0.235. The molecule has 5 nitrogen and oxygen atoms in total. The molecule has 0 radical (unpaired) electrons. The Balaban J connectivity index is 2.09. The van der Waals surface area contributed by atoms with Crippen LogP contribution in [-0.2, 0) is 0 Å². The molecule has 0 bridgehead atoms. The van der Waals surface area contributed by atoms with Gasteiger partial charge in [0.15, 0.2) is 5.76 Å². The number of carbonyl (C=O) groups is 1. The zero-order chi connectivity index (χ0) is 9.97. The number of amides is 1. The first kappa shape index (κ1) is 8.55. The first-order valence-corrected chi connectivity index (χ1v) is 4.04. The van der Waals surface area contributed by atoms with Gasteiger partial charge in [-0.3, -0.25) is 10.1 Å². The molecule has 2 aromatic heterocycles. The fraction of sp³-hybridized carbons (Fsp3) is 0.111. The molecule has 2 rings (SSSR count). The van der Waals surface area contributed by atoms with E-state index in [9.17, 15) is 4.79 Å². The van der Waals surface area contributed by atoms with Crippen molar-refractivity contribution in [2.24, 2.45) is 0 Å². The summed E-state index contributed by atoms with van der Waals surface area (Å²) in [4.78, 5) is 11.4. The van der Waals surface area contributed by atoms with Gasteiger partial charge in [-0.1, -0.05) is 5.16 Å². The van der Waals surface area contributed by atoms with Gasteiger partial charge >= 0.3 is 0 Å². The minimum Gasteiger partial charge on any atom is -0.459 e. The second-order valence-corrected chi connectivity index (χ2v) is 2.76. The summed E-state index contributed by atoms with van der Waals surface area (Å²) in [6, 6.07) is 4.83. The molecule has 0 saturated heterocycles. The number of aromatic nitrogens is 1. The van der Waals surface area contributed by atoms with Crippen LogP contribution >= 0.6 is 0 Å². The number of rotatable bonds is 2. The summed E-state index contributed by atoms with van der Waals surface area (Å²) in [5, 5.41) is 6.13. The van der Waals surface area contributed by atoms with Crippen molar-refractivity contribution in [3.05, 3.63) is 35.9 Å². The molecule has 0 aliphatic carbocycles. The summed E-state index contributed by atoms with van der Waals surface area (Å²) >= 11 is 0. The number of anilines is 1. The third-order valence-corrected chi connectivity index (χ3v) is 1.61. The molecule has 0 unspecified atom stereocenters. The van der Waals surface area contributed by atoms with Gasteiger partial charge in [-0.15, -0.1) is 0 Å². The van der Waals surface area contributed by atoms with E-state index in [1.54, 1.807) is 25.1 Å². The molecule has 0 fully saturated rings. The Kier molecular flexibility index (Phi) is 2.06. The van der Waals surface area contributed by atoms with Gasteiger partial charge in [0, 0.05) is 6.07 Å². The number of nitrogens with one attached hydrogen (secondary N) is 1. The second kappa shape index (κ2) is 3.37. The SMILES string of the molecule is Cc1cc(NC(=O)c2ccco2)on1. The molecule has 72 valence electrons. The summed E-state index contributed by atoms with van der Waals surface area (Å²) in [5.41, 5.74) is 0.708. The van der Waals surface area contributed by atoms with E-state index in [1.807, 2.05) is 0 Å². The van der Waals surface area contributed by atoms with E-state index in [4.69, 9.17) is 8.94 Å². The Morgan fingerprint density at radius 2 is 2.43 bits per heavy atom. The molecule has 0 aliphatic heterocycles. The van der Waals surface area contributed by atoms with Gasteiger partial charge in [-0.25, -0.2) is 0 Å². The van der Waals surface area contributed by atoms with Crippen LogP contribution in [0.15, 0.2) is 33.4 Å². The quantitative estimate of drug-likeness (QED) is 0.788. The van der Waals surface area contributed by atoms with Crippen molar-refractivity contribution in [3.8, 4) is 0 Å². The molecule has 2 heterocycles. The van der Waals surface area contributed by atoms with Gasteiger partial charge in [0.05, 0.1) is 12.0 Å². The number of hydrogen-bond acceptors (Lipinski definition) is 4. The fourth-order valence-corrected chi connectivity index (χ4v) is 1.00. The van der Waals surface area contributed by atoms with Crippen LogP contribution in [0.25, 0.3) is 0 Å². The molecule has 0 saturated carbocycles. The Bertz CT molecular complexity index is 431. The monoisotopic (exact) mass is 192 g/mol. The molecule has 14 heavy (non-hydrogen) atoms. The summed E-state index contributed by atoms with van der Waals surface area (Å²) in [6.07, 6.45) is 1.43. The van der Waals surface area contributed by atoms with E-state index < -0.39 is 0 Å². The molecule has 0 aromatic carbocycles. The molecular formula is C9H8N2O3. The smallest absolute Gasteiger partial charge is 0.293 e. The Morgan fingerprint density at radius 1 is 1.57 bits per heavy atom. The number of furan rings is 1. The highest BCUT2D eigenvalue weighted by Gasteiger charge is 2.10. The number of carbonyl (C=O) groups excluding carboxylic acids is 1. The number of aryl methyl sites for hydroxylation is 1. The van der Waals surface area contributed by atoms with Crippen LogP contribution in [0.2, 0.25) is 0 Å². The third-order valence-electron chi connectivity index (χ3n) is 1.61. The zero-order valence-electron chi connectivity index (χ0n) is 7.48. The molecule has 0 atom stereocenters. The number of hydrogen-bond donors (Lipinski definition) is 1. The van der Waals surface area contributed by atoms with Crippen molar-refractivity contribution in [1.29, 1.82) is 0 Å². The first-order valence-electron chi connectivity index (χ1n) is 4.04. The fourth-order valence-electron chi connectivity index (χ4n) is 1.00. The Labute approximate surface area is 79.7 Å². The lowest BCUT2D eigenvalue weighted by Gasteiger charge is -1.95. The zero-order valence-corrected chi connectivity index (χ0v) is 7.48. The van der Waals surface area contributed by atoms with E-state index in [0.29, 0.717) is 11.6 Å². The van der Waals surface area contributed by atoms with E-state index in [0.717, 1.165) is 0 Å². The van der Waals surface area contributed by atoms with Gasteiger partial charge in [-0.2, -0.15) is 0 Å². The van der Waals surface area contributed by atoms with Crippen LogP contribution in [0.1, 0.15) is 16.2 Å². The molecule has 1 N–H and O–H groups in total. The lowest BCUT2D eigenvalue weighted by molar-refractivity contribution is 0.0993. The lowest BCUT2D eigenvalue weighted by Crippen LogP contribution is -2.09. The maximum Gasteiger partial charge on any atom is 0.293 e. The van der Waals surface area contributed by atoms with Crippen molar-refractivity contribution in [3.63, 3.8) is 0 Å². The third kappa shape index (κ3) is 1.66.